The van der Waals surface area contributed by atoms with E-state index in [4.69, 9.17) is 4.74 Å². The molecule has 1 heterocycles. The number of anilines is 1. The fourth-order valence-corrected chi connectivity index (χ4v) is 2.35. The van der Waals surface area contributed by atoms with Crippen LogP contribution in [0.15, 0.2) is 73.1 Å². The highest BCUT2D eigenvalue weighted by Crippen LogP contribution is 2.14. The van der Waals surface area contributed by atoms with Gasteiger partial charge in [0.05, 0.1) is 0 Å². The Balaban J connectivity index is 1.45. The first-order chi connectivity index (χ1) is 12.7. The first-order valence-electron chi connectivity index (χ1n) is 8.41. The van der Waals surface area contributed by atoms with Gasteiger partial charge in [-0.2, -0.15) is 0 Å². The lowest BCUT2D eigenvalue weighted by atomic mass is 10.2. The maximum Gasteiger partial charge on any atom is 0.319 e. The maximum atomic E-state index is 11.9. The summed E-state index contributed by atoms with van der Waals surface area (Å²) in [6, 6.07) is 19.0. The lowest BCUT2D eigenvalue weighted by Gasteiger charge is -2.09. The molecule has 1 aromatic heterocycles. The van der Waals surface area contributed by atoms with Gasteiger partial charge in [-0.1, -0.05) is 35.9 Å². The van der Waals surface area contributed by atoms with Crippen LogP contribution in [0.4, 0.5) is 10.5 Å². The third-order valence-electron chi connectivity index (χ3n) is 3.81. The van der Waals surface area contributed by atoms with Crippen LogP contribution in [-0.4, -0.2) is 11.0 Å². The number of aromatic nitrogens is 1. The fourth-order valence-electron chi connectivity index (χ4n) is 2.35. The Kier molecular flexibility index (Phi) is 5.83. The van der Waals surface area contributed by atoms with E-state index >= 15 is 0 Å². The number of carbonyl (C=O) groups is 1. The standard InChI is InChI=1S/C21H21N3O2/c1-16-4-8-19(9-5-16)24-21(25)23-14-17-6-10-20(11-7-17)26-15-18-3-2-12-22-13-18/h2-13H,14-15H2,1H3,(H2,23,24,25). The van der Waals surface area contributed by atoms with Gasteiger partial charge in [-0.15, -0.1) is 0 Å². The molecule has 5 heteroatoms. The average molecular weight is 347 g/mol. The van der Waals surface area contributed by atoms with Crippen molar-refractivity contribution in [2.75, 3.05) is 5.32 Å². The summed E-state index contributed by atoms with van der Waals surface area (Å²) in [5.41, 5.74) is 3.94. The number of benzene rings is 2. The Bertz CT molecular complexity index is 831. The number of urea groups is 1. The van der Waals surface area contributed by atoms with E-state index < -0.39 is 0 Å². The molecule has 5 nitrogen and oxygen atoms in total. The molecule has 3 aromatic rings. The van der Waals surface area contributed by atoms with E-state index in [1.165, 1.54) is 0 Å². The highest BCUT2D eigenvalue weighted by atomic mass is 16.5. The maximum absolute atomic E-state index is 11.9. The van der Waals surface area contributed by atoms with Gasteiger partial charge in [0.25, 0.3) is 0 Å². The van der Waals surface area contributed by atoms with E-state index in [1.54, 1.807) is 12.4 Å². The topological polar surface area (TPSA) is 63.2 Å². The zero-order valence-electron chi connectivity index (χ0n) is 14.6. The van der Waals surface area contributed by atoms with Gasteiger partial charge in [-0.05, 0) is 42.8 Å². The minimum Gasteiger partial charge on any atom is -0.489 e. The van der Waals surface area contributed by atoms with Crippen molar-refractivity contribution in [1.82, 2.24) is 10.3 Å². The molecule has 2 amide bonds. The van der Waals surface area contributed by atoms with E-state index in [0.29, 0.717) is 13.2 Å². The van der Waals surface area contributed by atoms with Crippen molar-refractivity contribution >= 4 is 11.7 Å². The first-order valence-corrected chi connectivity index (χ1v) is 8.41. The van der Waals surface area contributed by atoms with Crippen LogP contribution in [0, 0.1) is 6.92 Å². The fraction of sp³-hybridized carbons (Fsp3) is 0.143. The van der Waals surface area contributed by atoms with Gasteiger partial charge in [-0.3, -0.25) is 4.98 Å². The Morgan fingerprint density at radius 1 is 1.00 bits per heavy atom. The number of carbonyl (C=O) groups excluding carboxylic acids is 1. The molecule has 132 valence electrons. The second-order valence-electron chi connectivity index (χ2n) is 5.97. The Hall–Kier alpha value is -3.34. The van der Waals surface area contributed by atoms with Gasteiger partial charge in [0.1, 0.15) is 12.4 Å². The van der Waals surface area contributed by atoms with Crippen molar-refractivity contribution in [3.63, 3.8) is 0 Å². The van der Waals surface area contributed by atoms with Crippen molar-refractivity contribution < 1.29 is 9.53 Å². The van der Waals surface area contributed by atoms with Crippen molar-refractivity contribution in [3.05, 3.63) is 89.7 Å². The number of pyridine rings is 1. The van der Waals surface area contributed by atoms with E-state index in [2.05, 4.69) is 15.6 Å². The Morgan fingerprint density at radius 2 is 1.77 bits per heavy atom. The molecule has 0 unspecified atom stereocenters. The van der Waals surface area contributed by atoms with E-state index in [0.717, 1.165) is 28.1 Å². The molecule has 0 bridgehead atoms. The van der Waals surface area contributed by atoms with E-state index in [1.807, 2.05) is 67.6 Å². The first kappa shape index (κ1) is 17.5. The lowest BCUT2D eigenvalue weighted by molar-refractivity contribution is 0.251. The van der Waals surface area contributed by atoms with Gasteiger partial charge >= 0.3 is 6.03 Å². The second kappa shape index (κ2) is 8.67. The van der Waals surface area contributed by atoms with Crippen molar-refractivity contribution in [2.45, 2.75) is 20.1 Å². The SMILES string of the molecule is Cc1ccc(NC(=O)NCc2ccc(OCc3cccnc3)cc2)cc1. The van der Waals surface area contributed by atoms with Gasteiger partial charge in [0, 0.05) is 30.2 Å². The van der Waals surface area contributed by atoms with Crippen molar-refractivity contribution in [3.8, 4) is 5.75 Å². The van der Waals surface area contributed by atoms with E-state index in [-0.39, 0.29) is 6.03 Å². The number of hydrogen-bond donors (Lipinski definition) is 2. The minimum absolute atomic E-state index is 0.231. The summed E-state index contributed by atoms with van der Waals surface area (Å²) in [6.45, 7) is 2.93. The molecule has 0 fully saturated rings. The number of ether oxygens (including phenoxy) is 1. The number of nitrogens with one attached hydrogen (secondary N) is 2. The molecule has 0 aliphatic heterocycles. The van der Waals surface area contributed by atoms with Crippen molar-refractivity contribution in [2.24, 2.45) is 0 Å². The average Bonchev–Trinajstić information content (AvgIpc) is 2.68. The molecule has 26 heavy (non-hydrogen) atoms. The number of aryl methyl sites for hydroxylation is 1. The predicted octanol–water partition coefficient (Wildman–Crippen LogP) is 4.29. The minimum atomic E-state index is -0.231. The van der Waals surface area contributed by atoms with Crippen LogP contribution >= 0.6 is 0 Å². The molecule has 0 spiro atoms. The molecular weight excluding hydrogens is 326 g/mol. The van der Waals surface area contributed by atoms with Gasteiger partial charge < -0.3 is 15.4 Å². The van der Waals surface area contributed by atoms with Crippen LogP contribution in [0.1, 0.15) is 16.7 Å². The summed E-state index contributed by atoms with van der Waals surface area (Å²) in [6.07, 6.45) is 3.52. The molecule has 2 aromatic carbocycles. The quantitative estimate of drug-likeness (QED) is 0.699. The Labute approximate surface area is 153 Å². The third kappa shape index (κ3) is 5.34. The van der Waals surface area contributed by atoms with Crippen LogP contribution in [0.3, 0.4) is 0 Å². The number of nitrogens with zero attached hydrogens (tertiary/aromatic N) is 1. The Morgan fingerprint density at radius 3 is 2.46 bits per heavy atom. The normalized spacial score (nSPS) is 10.2. The van der Waals surface area contributed by atoms with Crippen LogP contribution in [0.25, 0.3) is 0 Å². The highest BCUT2D eigenvalue weighted by Gasteiger charge is 2.02. The van der Waals surface area contributed by atoms with Crippen LogP contribution in [0.5, 0.6) is 5.75 Å². The summed E-state index contributed by atoms with van der Waals surface area (Å²) in [4.78, 5) is 16.0. The van der Waals surface area contributed by atoms with Gasteiger partial charge in [0.15, 0.2) is 0 Å². The number of hydrogen-bond acceptors (Lipinski definition) is 3. The van der Waals surface area contributed by atoms with Crippen LogP contribution in [-0.2, 0) is 13.2 Å². The predicted molar refractivity (Wildman–Crippen MR) is 102 cm³/mol. The molecule has 0 aliphatic rings. The third-order valence-corrected chi connectivity index (χ3v) is 3.81. The second-order valence-corrected chi connectivity index (χ2v) is 5.97. The monoisotopic (exact) mass is 347 g/mol. The molecule has 0 aliphatic carbocycles. The van der Waals surface area contributed by atoms with E-state index in [9.17, 15) is 4.79 Å². The molecule has 0 radical (unpaired) electrons. The smallest absolute Gasteiger partial charge is 0.319 e. The number of amides is 2. The summed E-state index contributed by atoms with van der Waals surface area (Å²) in [5.74, 6) is 0.779. The zero-order valence-corrected chi connectivity index (χ0v) is 14.6. The van der Waals surface area contributed by atoms with Gasteiger partial charge in [0.2, 0.25) is 0 Å². The number of rotatable bonds is 6. The highest BCUT2D eigenvalue weighted by molar-refractivity contribution is 5.89. The molecule has 0 atom stereocenters. The summed E-state index contributed by atoms with van der Waals surface area (Å²) >= 11 is 0. The van der Waals surface area contributed by atoms with Crippen LogP contribution < -0.4 is 15.4 Å². The van der Waals surface area contributed by atoms with Crippen molar-refractivity contribution in [1.29, 1.82) is 0 Å². The molecule has 3 rings (SSSR count). The lowest BCUT2D eigenvalue weighted by Crippen LogP contribution is -2.28. The largest absolute Gasteiger partial charge is 0.489 e. The molecule has 0 saturated carbocycles. The molecular formula is C21H21N3O2. The summed E-state index contributed by atoms with van der Waals surface area (Å²) in [5, 5.41) is 5.65. The van der Waals surface area contributed by atoms with Gasteiger partial charge in [-0.25, -0.2) is 4.79 Å². The zero-order chi connectivity index (χ0) is 18.2. The summed E-state index contributed by atoms with van der Waals surface area (Å²) in [7, 11) is 0. The summed E-state index contributed by atoms with van der Waals surface area (Å²) < 4.78 is 5.72. The van der Waals surface area contributed by atoms with Crippen LogP contribution in [0.2, 0.25) is 0 Å². The molecule has 0 saturated heterocycles. The molecule has 2 N–H and O–H groups in total.